The summed E-state index contributed by atoms with van der Waals surface area (Å²) in [5.74, 6) is 0.301. The third-order valence-electron chi connectivity index (χ3n) is 5.32. The van der Waals surface area contributed by atoms with Gasteiger partial charge in [0.25, 0.3) is 5.91 Å². The lowest BCUT2D eigenvalue weighted by atomic mass is 9.99. The molecule has 2 aromatic carbocycles. The molecule has 0 radical (unpaired) electrons. The van der Waals surface area contributed by atoms with Crippen LogP contribution in [0, 0.1) is 5.92 Å². The minimum Gasteiger partial charge on any atom is -0.484 e. The normalized spacial score (nSPS) is 18.0. The summed E-state index contributed by atoms with van der Waals surface area (Å²) < 4.78 is 43.5. The highest BCUT2D eigenvalue weighted by Gasteiger charge is 2.30. The van der Waals surface area contributed by atoms with Crippen LogP contribution in [0.4, 0.5) is 18.9 Å². The summed E-state index contributed by atoms with van der Waals surface area (Å²) in [5, 5.41) is 2.82. The number of amides is 1. The van der Waals surface area contributed by atoms with Gasteiger partial charge in [0, 0.05) is 18.8 Å². The van der Waals surface area contributed by atoms with Gasteiger partial charge in [-0.15, -0.1) is 0 Å². The summed E-state index contributed by atoms with van der Waals surface area (Å²) >= 11 is 0. The summed E-state index contributed by atoms with van der Waals surface area (Å²) in [7, 11) is 0. The van der Waals surface area contributed by atoms with E-state index in [4.69, 9.17) is 4.74 Å². The number of nitrogens with one attached hydrogen (secondary N) is 1. The van der Waals surface area contributed by atoms with Gasteiger partial charge in [0.05, 0.1) is 11.6 Å². The third-order valence-corrected chi connectivity index (χ3v) is 5.32. The predicted molar refractivity (Wildman–Crippen MR) is 111 cm³/mol. The fourth-order valence-corrected chi connectivity index (χ4v) is 3.68. The summed E-state index contributed by atoms with van der Waals surface area (Å²) in [5.41, 5.74) is 1.32. The van der Waals surface area contributed by atoms with Crippen molar-refractivity contribution in [2.45, 2.75) is 38.9 Å². The van der Waals surface area contributed by atoms with Crippen LogP contribution in [-0.4, -0.2) is 25.6 Å². The van der Waals surface area contributed by atoms with E-state index in [1.807, 2.05) is 19.1 Å². The highest BCUT2D eigenvalue weighted by molar-refractivity contribution is 5.78. The Labute approximate surface area is 175 Å². The van der Waals surface area contributed by atoms with Gasteiger partial charge in [-0.1, -0.05) is 25.1 Å². The molecule has 2 atom stereocenters. The van der Waals surface area contributed by atoms with Gasteiger partial charge < -0.3 is 15.0 Å². The third kappa shape index (κ3) is 5.90. The Morgan fingerprint density at radius 1 is 1.23 bits per heavy atom. The number of anilines is 1. The Morgan fingerprint density at radius 3 is 2.63 bits per heavy atom. The molecular weight excluding hydrogens is 393 g/mol. The van der Waals surface area contributed by atoms with E-state index in [0.717, 1.165) is 30.8 Å². The Kier molecular flexibility index (Phi) is 6.90. The van der Waals surface area contributed by atoms with E-state index < -0.39 is 17.6 Å². The van der Waals surface area contributed by atoms with Gasteiger partial charge >= 0.3 is 6.18 Å². The van der Waals surface area contributed by atoms with E-state index in [2.05, 4.69) is 29.3 Å². The van der Waals surface area contributed by atoms with Gasteiger partial charge in [0.15, 0.2) is 6.61 Å². The number of ether oxygens (including phenoxy) is 1. The molecule has 1 N–H and O–H groups in total. The van der Waals surface area contributed by atoms with E-state index in [0.29, 0.717) is 5.92 Å². The number of carbonyl (C=O) groups excluding carboxylic acids is 1. The number of piperidine rings is 1. The molecule has 1 amide bonds. The summed E-state index contributed by atoms with van der Waals surface area (Å²) in [6.07, 6.45) is -1.99. The largest absolute Gasteiger partial charge is 0.484 e. The van der Waals surface area contributed by atoms with Crippen molar-refractivity contribution in [1.29, 1.82) is 0 Å². The second-order valence-corrected chi connectivity index (χ2v) is 7.89. The van der Waals surface area contributed by atoms with Crippen molar-refractivity contribution in [2.24, 2.45) is 5.92 Å². The summed E-state index contributed by atoms with van der Waals surface area (Å²) in [4.78, 5) is 14.5. The fourth-order valence-electron chi connectivity index (χ4n) is 3.68. The molecule has 1 aliphatic rings. The molecule has 2 aromatic rings. The Balaban J connectivity index is 1.52. The van der Waals surface area contributed by atoms with Crippen LogP contribution in [0.3, 0.4) is 0 Å². The van der Waals surface area contributed by atoms with Crippen LogP contribution in [-0.2, 0) is 11.0 Å². The second-order valence-electron chi connectivity index (χ2n) is 7.89. The molecule has 0 spiro atoms. The molecule has 0 saturated carbocycles. The summed E-state index contributed by atoms with van der Waals surface area (Å²) in [6.45, 7) is 5.89. The van der Waals surface area contributed by atoms with Crippen LogP contribution in [0.2, 0.25) is 0 Å². The number of rotatable bonds is 6. The zero-order valence-electron chi connectivity index (χ0n) is 17.2. The molecule has 1 fully saturated rings. The number of benzene rings is 2. The molecule has 0 aliphatic carbocycles. The van der Waals surface area contributed by atoms with E-state index in [9.17, 15) is 18.0 Å². The van der Waals surface area contributed by atoms with Gasteiger partial charge in [-0.05, 0) is 61.6 Å². The van der Waals surface area contributed by atoms with E-state index >= 15 is 0 Å². The number of halogens is 3. The highest BCUT2D eigenvalue weighted by Crippen LogP contribution is 2.31. The second kappa shape index (κ2) is 9.41. The molecule has 1 saturated heterocycles. The Bertz CT molecular complexity index is 852. The molecule has 0 bridgehead atoms. The SMILES string of the molecule is C[C@H]1CCCN(c2ccc([C@H](C)NC(=O)COc3cccc(C(F)(F)F)c3)cc2)C1. The zero-order chi connectivity index (χ0) is 21.7. The van der Waals surface area contributed by atoms with Crippen molar-refractivity contribution < 1.29 is 22.7 Å². The predicted octanol–water partition coefficient (Wildman–Crippen LogP) is 5.20. The van der Waals surface area contributed by atoms with Crippen LogP contribution in [0.25, 0.3) is 0 Å². The molecule has 0 unspecified atom stereocenters. The van der Waals surface area contributed by atoms with Crippen LogP contribution >= 0.6 is 0 Å². The van der Waals surface area contributed by atoms with E-state index in [1.165, 1.54) is 30.7 Å². The first-order valence-electron chi connectivity index (χ1n) is 10.2. The standard InChI is InChI=1S/C23H27F3N2O2/c1-16-5-4-12-28(14-16)20-10-8-18(9-11-20)17(2)27-22(29)15-30-21-7-3-6-19(13-21)23(24,25)26/h3,6-11,13,16-17H,4-5,12,14-15H2,1-2H3,(H,27,29)/t16-,17-/m0/s1. The number of alkyl halides is 3. The molecule has 0 aromatic heterocycles. The first-order chi connectivity index (χ1) is 14.2. The van der Waals surface area contributed by atoms with Gasteiger partial charge in [-0.3, -0.25) is 4.79 Å². The van der Waals surface area contributed by atoms with Gasteiger partial charge in [-0.25, -0.2) is 0 Å². The maximum Gasteiger partial charge on any atom is 0.416 e. The van der Waals surface area contributed by atoms with Crippen molar-refractivity contribution in [2.75, 3.05) is 24.6 Å². The van der Waals surface area contributed by atoms with E-state index in [-0.39, 0.29) is 18.4 Å². The van der Waals surface area contributed by atoms with Gasteiger partial charge in [0.1, 0.15) is 5.75 Å². The monoisotopic (exact) mass is 420 g/mol. The van der Waals surface area contributed by atoms with Crippen molar-refractivity contribution in [3.8, 4) is 5.75 Å². The first-order valence-corrected chi connectivity index (χ1v) is 10.2. The quantitative estimate of drug-likeness (QED) is 0.699. The maximum absolute atomic E-state index is 12.8. The van der Waals surface area contributed by atoms with Gasteiger partial charge in [-0.2, -0.15) is 13.2 Å². The molecule has 162 valence electrons. The highest BCUT2D eigenvalue weighted by atomic mass is 19.4. The van der Waals surface area contributed by atoms with Crippen molar-refractivity contribution in [1.82, 2.24) is 5.32 Å². The Morgan fingerprint density at radius 2 is 1.97 bits per heavy atom. The Hall–Kier alpha value is -2.70. The van der Waals surface area contributed by atoms with Crippen LogP contribution < -0.4 is 15.0 Å². The number of hydrogen-bond donors (Lipinski definition) is 1. The lowest BCUT2D eigenvalue weighted by Crippen LogP contribution is -2.34. The smallest absolute Gasteiger partial charge is 0.416 e. The molecule has 7 heteroatoms. The number of carbonyl (C=O) groups is 1. The number of nitrogens with zero attached hydrogens (tertiary/aromatic N) is 1. The minimum atomic E-state index is -4.45. The molecule has 4 nitrogen and oxygen atoms in total. The van der Waals surface area contributed by atoms with Gasteiger partial charge in [0.2, 0.25) is 0 Å². The molecular formula is C23H27F3N2O2. The molecule has 1 heterocycles. The lowest BCUT2D eigenvalue weighted by Gasteiger charge is -2.33. The average molecular weight is 420 g/mol. The zero-order valence-corrected chi connectivity index (χ0v) is 17.2. The van der Waals surface area contributed by atoms with Crippen LogP contribution in [0.5, 0.6) is 5.75 Å². The molecule has 3 rings (SSSR count). The van der Waals surface area contributed by atoms with E-state index in [1.54, 1.807) is 0 Å². The molecule has 1 aliphatic heterocycles. The lowest BCUT2D eigenvalue weighted by molar-refractivity contribution is -0.137. The van der Waals surface area contributed by atoms with Crippen molar-refractivity contribution >= 4 is 11.6 Å². The van der Waals surface area contributed by atoms with Crippen LogP contribution in [0.15, 0.2) is 48.5 Å². The fraction of sp³-hybridized carbons (Fsp3) is 0.435. The maximum atomic E-state index is 12.8. The van der Waals surface area contributed by atoms with Crippen molar-refractivity contribution in [3.05, 3.63) is 59.7 Å². The average Bonchev–Trinajstić information content (AvgIpc) is 2.72. The summed E-state index contributed by atoms with van der Waals surface area (Å²) in [6, 6.07) is 12.4. The van der Waals surface area contributed by atoms with Crippen LogP contribution in [0.1, 0.15) is 43.9 Å². The number of hydrogen-bond acceptors (Lipinski definition) is 3. The molecule has 30 heavy (non-hydrogen) atoms. The topological polar surface area (TPSA) is 41.6 Å². The first kappa shape index (κ1) is 22.0. The van der Waals surface area contributed by atoms with Crippen molar-refractivity contribution in [3.63, 3.8) is 0 Å². The minimum absolute atomic E-state index is 0.00717.